The van der Waals surface area contributed by atoms with Crippen LogP contribution in [0.15, 0.2) is 0 Å². The molecule has 10 unspecified atom stereocenters. The lowest BCUT2D eigenvalue weighted by Crippen LogP contribution is -2.54. The van der Waals surface area contributed by atoms with Gasteiger partial charge in [-0.25, -0.2) is 0 Å². The predicted molar refractivity (Wildman–Crippen MR) is 213 cm³/mol. The summed E-state index contributed by atoms with van der Waals surface area (Å²) in [6.45, 7) is 24.0. The maximum Gasteiger partial charge on any atom is 0.115 e. The smallest absolute Gasteiger partial charge is 0.115 e. The number of aliphatic hydroxyl groups excluding tert-OH is 6. The molecule has 0 heterocycles. The Balaban J connectivity index is 7.03. The van der Waals surface area contributed by atoms with Crippen molar-refractivity contribution in [1.29, 1.82) is 0 Å². The van der Waals surface area contributed by atoms with E-state index < -0.39 is 61.0 Å². The monoisotopic (exact) mass is 783 g/mol. The Morgan fingerprint density at radius 2 is 0.481 bits per heavy atom. The Bertz CT molecular complexity index is 789. The van der Waals surface area contributed by atoms with Crippen molar-refractivity contribution >= 4 is 0 Å². The van der Waals surface area contributed by atoms with Gasteiger partial charge < -0.3 is 59.1 Å². The van der Waals surface area contributed by atoms with E-state index in [1.54, 1.807) is 0 Å². The lowest BCUT2D eigenvalue weighted by atomic mass is 10.0. The van der Waals surface area contributed by atoms with Gasteiger partial charge in [0.1, 0.15) is 24.4 Å². The van der Waals surface area contributed by atoms with Gasteiger partial charge in [0, 0.05) is 0 Å². The summed E-state index contributed by atoms with van der Waals surface area (Å²) in [6, 6.07) is 0. The predicted octanol–water partition coefficient (Wildman–Crippen LogP) is 5.00. The molecule has 0 rings (SSSR count). The van der Waals surface area contributed by atoms with Crippen molar-refractivity contribution in [1.82, 2.24) is 0 Å². The molecule has 0 aromatic rings. The minimum Gasteiger partial charge on any atom is -0.391 e. The highest BCUT2D eigenvalue weighted by Gasteiger charge is 2.40. The summed E-state index contributed by atoms with van der Waals surface area (Å²) in [5.41, 5.74) is 0. The van der Waals surface area contributed by atoms with Gasteiger partial charge in [-0.15, -0.1) is 0 Å². The summed E-state index contributed by atoms with van der Waals surface area (Å²) in [5, 5.41) is 65.1. The molecule has 0 radical (unpaired) electrons. The second kappa shape index (κ2) is 30.6. The molecular formula is C42H86O12. The fraction of sp³-hybridized carbons (Fsp3) is 1.00. The molecule has 0 bridgehead atoms. The molecule has 0 spiro atoms. The largest absolute Gasteiger partial charge is 0.391 e. The van der Waals surface area contributed by atoms with E-state index in [4.69, 9.17) is 28.4 Å². The number of ether oxygens (including phenoxy) is 6. The quantitative estimate of drug-likeness (QED) is 0.0508. The second-order valence-corrected chi connectivity index (χ2v) is 18.1. The van der Waals surface area contributed by atoms with E-state index in [0.29, 0.717) is 38.5 Å². The van der Waals surface area contributed by atoms with Crippen LogP contribution in [0.2, 0.25) is 0 Å². The van der Waals surface area contributed by atoms with Crippen LogP contribution in [0.4, 0.5) is 0 Å². The summed E-state index contributed by atoms with van der Waals surface area (Å²) >= 11 is 0. The first-order valence-electron chi connectivity index (χ1n) is 20.9. The van der Waals surface area contributed by atoms with E-state index in [9.17, 15) is 30.6 Å². The zero-order valence-electron chi connectivity index (χ0n) is 36.3. The SMILES string of the molecule is CC(C)CC(O)COCC(OCC(O)CC(C)C)C(OCC(O)CC(C)C)C(OCC(O)CC(C)C)C(COCC(O)CC(C)C)OCC(O)CC(C)C. The average molecular weight is 783 g/mol. The highest BCUT2D eigenvalue weighted by Crippen LogP contribution is 2.23. The summed E-state index contributed by atoms with van der Waals surface area (Å²) in [5.74, 6) is 1.37. The van der Waals surface area contributed by atoms with Crippen molar-refractivity contribution in [3.05, 3.63) is 0 Å². The summed E-state index contributed by atoms with van der Waals surface area (Å²) in [7, 11) is 0. The molecule has 12 heteroatoms. The number of hydrogen-bond acceptors (Lipinski definition) is 12. The molecule has 0 aliphatic heterocycles. The van der Waals surface area contributed by atoms with Crippen LogP contribution in [0.1, 0.15) is 122 Å². The van der Waals surface area contributed by atoms with Crippen LogP contribution in [0.5, 0.6) is 0 Å². The average Bonchev–Trinajstić information content (AvgIpc) is 3.00. The highest BCUT2D eigenvalue weighted by atomic mass is 16.6. The first kappa shape index (κ1) is 53.5. The van der Waals surface area contributed by atoms with Crippen LogP contribution in [-0.4, -0.2) is 145 Å². The Morgan fingerprint density at radius 3 is 0.704 bits per heavy atom. The lowest BCUT2D eigenvalue weighted by Gasteiger charge is -2.39. The third-order valence-corrected chi connectivity index (χ3v) is 8.67. The summed E-state index contributed by atoms with van der Waals surface area (Å²) in [6.07, 6.45) is -5.22. The van der Waals surface area contributed by atoms with Crippen LogP contribution in [-0.2, 0) is 28.4 Å². The molecule has 0 aliphatic carbocycles. The third kappa shape index (κ3) is 28.8. The molecule has 0 aromatic heterocycles. The molecule has 54 heavy (non-hydrogen) atoms. The van der Waals surface area contributed by atoms with Gasteiger partial charge in [-0.3, -0.25) is 0 Å². The van der Waals surface area contributed by atoms with Crippen molar-refractivity contribution in [2.75, 3.05) is 52.9 Å². The van der Waals surface area contributed by atoms with Gasteiger partial charge >= 0.3 is 0 Å². The van der Waals surface area contributed by atoms with Crippen LogP contribution >= 0.6 is 0 Å². The van der Waals surface area contributed by atoms with Crippen LogP contribution in [0, 0.1) is 35.5 Å². The minimum atomic E-state index is -0.983. The Morgan fingerprint density at radius 1 is 0.278 bits per heavy atom. The second-order valence-electron chi connectivity index (χ2n) is 18.1. The van der Waals surface area contributed by atoms with Crippen molar-refractivity contribution in [2.45, 2.75) is 183 Å². The standard InChI is InChI=1S/C42H86O12/c1-27(2)13-33(43)19-49-25-39(51-21-35(45)15-29(5)6)41(53-23-37(47)17-31(9)10)42(54-24-38(48)18-32(11)12)40(52-22-36(46)16-30(7)8)26-50-20-34(44)14-28(3)4/h27-48H,13-26H2,1-12H3. The molecule has 0 saturated carbocycles. The van der Waals surface area contributed by atoms with Crippen LogP contribution < -0.4 is 0 Å². The van der Waals surface area contributed by atoms with Gasteiger partial charge in [-0.1, -0.05) is 83.1 Å². The maximum atomic E-state index is 11.0. The molecule has 12 nitrogen and oxygen atoms in total. The van der Waals surface area contributed by atoms with Gasteiger partial charge in [0.25, 0.3) is 0 Å². The molecule has 10 atom stereocenters. The molecule has 0 amide bonds. The molecule has 0 fully saturated rings. The van der Waals surface area contributed by atoms with E-state index in [0.717, 1.165) is 0 Å². The third-order valence-electron chi connectivity index (χ3n) is 8.67. The van der Waals surface area contributed by atoms with Crippen LogP contribution in [0.3, 0.4) is 0 Å². The summed E-state index contributed by atoms with van der Waals surface area (Å²) < 4.78 is 38.1. The van der Waals surface area contributed by atoms with Gasteiger partial charge in [-0.05, 0) is 74.0 Å². The van der Waals surface area contributed by atoms with Crippen molar-refractivity contribution < 1.29 is 59.1 Å². The van der Waals surface area contributed by atoms with Crippen molar-refractivity contribution in [3.8, 4) is 0 Å². The molecule has 0 aliphatic rings. The number of aliphatic hydroxyl groups is 6. The van der Waals surface area contributed by atoms with Gasteiger partial charge in [-0.2, -0.15) is 0 Å². The van der Waals surface area contributed by atoms with E-state index in [2.05, 4.69) is 0 Å². The zero-order chi connectivity index (χ0) is 41.4. The topological polar surface area (TPSA) is 177 Å². The van der Waals surface area contributed by atoms with Gasteiger partial charge in [0.2, 0.25) is 0 Å². The normalized spacial score (nSPS) is 18.4. The van der Waals surface area contributed by atoms with Crippen molar-refractivity contribution in [2.24, 2.45) is 35.5 Å². The lowest BCUT2D eigenvalue weighted by molar-refractivity contribution is -0.216. The molecule has 6 N–H and O–H groups in total. The minimum absolute atomic E-state index is 0.0334. The summed E-state index contributed by atoms with van der Waals surface area (Å²) in [4.78, 5) is 0. The first-order valence-corrected chi connectivity index (χ1v) is 20.9. The van der Waals surface area contributed by atoms with E-state index in [1.165, 1.54) is 0 Å². The fourth-order valence-electron chi connectivity index (χ4n) is 6.53. The Kier molecular flexibility index (Phi) is 30.3. The van der Waals surface area contributed by atoms with Gasteiger partial charge in [0.05, 0.1) is 89.5 Å². The molecular weight excluding hydrogens is 696 g/mol. The Hall–Kier alpha value is -0.480. The van der Waals surface area contributed by atoms with E-state index >= 15 is 0 Å². The molecule has 0 saturated heterocycles. The first-order chi connectivity index (χ1) is 25.2. The van der Waals surface area contributed by atoms with Crippen LogP contribution in [0.25, 0.3) is 0 Å². The van der Waals surface area contributed by atoms with Gasteiger partial charge in [0.15, 0.2) is 0 Å². The van der Waals surface area contributed by atoms with E-state index in [-0.39, 0.29) is 88.4 Å². The van der Waals surface area contributed by atoms with Crippen molar-refractivity contribution in [3.63, 3.8) is 0 Å². The number of rotatable bonds is 35. The zero-order valence-corrected chi connectivity index (χ0v) is 36.3. The molecule has 326 valence electrons. The molecule has 0 aromatic carbocycles. The fourth-order valence-corrected chi connectivity index (χ4v) is 6.53. The number of hydrogen-bond donors (Lipinski definition) is 6. The van der Waals surface area contributed by atoms with E-state index in [1.807, 2.05) is 83.1 Å². The Labute approximate surface area is 329 Å². The highest BCUT2D eigenvalue weighted by molar-refractivity contribution is 4.88. The maximum absolute atomic E-state index is 11.0.